The van der Waals surface area contributed by atoms with Gasteiger partial charge in [0.15, 0.2) is 0 Å². The maximum absolute atomic E-state index is 5.61. The average molecular weight is 249 g/mol. The highest BCUT2D eigenvalue weighted by Crippen LogP contribution is 2.37. The molecule has 0 heterocycles. The second-order valence-corrected chi connectivity index (χ2v) is 4.81. The highest BCUT2D eigenvalue weighted by Gasteiger charge is 2.33. The molecule has 0 radical (unpaired) electrons. The summed E-state index contributed by atoms with van der Waals surface area (Å²) in [7, 11) is 1.85. The molecule has 1 saturated carbocycles. The number of rotatable bonds is 4. The number of halogens is 1. The standard InChI is InChI=1S/C11H21BrO/c1-3-4-10-5-7-11(9-12,13-2)8-6-10/h10H,3-9H2,1-2H3. The van der Waals surface area contributed by atoms with E-state index in [4.69, 9.17) is 4.74 Å². The Morgan fingerprint density at radius 2 is 2.00 bits per heavy atom. The summed E-state index contributed by atoms with van der Waals surface area (Å²) in [6, 6.07) is 0. The molecule has 1 rings (SSSR count). The molecular weight excluding hydrogens is 228 g/mol. The van der Waals surface area contributed by atoms with Gasteiger partial charge in [0.05, 0.1) is 5.60 Å². The quantitative estimate of drug-likeness (QED) is 0.689. The summed E-state index contributed by atoms with van der Waals surface area (Å²) >= 11 is 3.56. The molecule has 0 aromatic carbocycles. The minimum Gasteiger partial charge on any atom is -0.377 e. The Labute approximate surface area is 90.4 Å². The van der Waals surface area contributed by atoms with Crippen LogP contribution in [0.5, 0.6) is 0 Å². The molecule has 0 spiro atoms. The second kappa shape index (κ2) is 5.35. The molecule has 1 fully saturated rings. The van der Waals surface area contributed by atoms with Crippen LogP contribution in [0.25, 0.3) is 0 Å². The molecule has 0 unspecified atom stereocenters. The maximum atomic E-state index is 5.61. The minimum atomic E-state index is 0.157. The van der Waals surface area contributed by atoms with Crippen LogP contribution in [0, 0.1) is 5.92 Å². The summed E-state index contributed by atoms with van der Waals surface area (Å²) in [4.78, 5) is 0. The van der Waals surface area contributed by atoms with E-state index in [1.54, 1.807) is 0 Å². The van der Waals surface area contributed by atoms with Gasteiger partial charge in [-0.15, -0.1) is 0 Å². The van der Waals surface area contributed by atoms with Gasteiger partial charge in [-0.1, -0.05) is 35.7 Å². The van der Waals surface area contributed by atoms with Gasteiger partial charge in [-0.25, -0.2) is 0 Å². The molecule has 0 atom stereocenters. The molecular formula is C11H21BrO. The zero-order valence-electron chi connectivity index (χ0n) is 8.81. The summed E-state index contributed by atoms with van der Waals surface area (Å²) in [6.45, 7) is 2.28. The molecule has 0 aromatic heterocycles. The van der Waals surface area contributed by atoms with Crippen LogP contribution < -0.4 is 0 Å². The fourth-order valence-electron chi connectivity index (χ4n) is 2.29. The molecule has 78 valence electrons. The summed E-state index contributed by atoms with van der Waals surface area (Å²) in [5.41, 5.74) is 0.157. The Bertz CT molecular complexity index is 133. The maximum Gasteiger partial charge on any atom is 0.0775 e. The lowest BCUT2D eigenvalue weighted by Gasteiger charge is -2.37. The van der Waals surface area contributed by atoms with Crippen molar-refractivity contribution in [3.63, 3.8) is 0 Å². The predicted molar refractivity (Wildman–Crippen MR) is 60.4 cm³/mol. The van der Waals surface area contributed by atoms with E-state index in [0.717, 1.165) is 11.2 Å². The van der Waals surface area contributed by atoms with Crippen molar-refractivity contribution >= 4 is 15.9 Å². The molecule has 1 aliphatic rings. The minimum absolute atomic E-state index is 0.157. The third kappa shape index (κ3) is 2.95. The zero-order valence-corrected chi connectivity index (χ0v) is 10.4. The number of ether oxygens (including phenoxy) is 1. The fourth-order valence-corrected chi connectivity index (χ4v) is 3.08. The third-order valence-electron chi connectivity index (χ3n) is 3.39. The lowest BCUT2D eigenvalue weighted by atomic mass is 9.78. The van der Waals surface area contributed by atoms with Crippen molar-refractivity contribution in [1.29, 1.82) is 0 Å². The summed E-state index contributed by atoms with van der Waals surface area (Å²) in [6.07, 6.45) is 7.92. The van der Waals surface area contributed by atoms with Crippen LogP contribution >= 0.6 is 15.9 Å². The molecule has 1 aliphatic carbocycles. The molecule has 0 aliphatic heterocycles. The molecule has 0 N–H and O–H groups in total. The highest BCUT2D eigenvalue weighted by atomic mass is 79.9. The van der Waals surface area contributed by atoms with Gasteiger partial charge in [0, 0.05) is 12.4 Å². The van der Waals surface area contributed by atoms with Crippen molar-refractivity contribution in [2.24, 2.45) is 5.92 Å². The van der Waals surface area contributed by atoms with E-state index in [1.807, 2.05) is 7.11 Å². The molecule has 13 heavy (non-hydrogen) atoms. The SMILES string of the molecule is CCCC1CCC(CBr)(OC)CC1. The zero-order chi connectivity index (χ0) is 9.73. The topological polar surface area (TPSA) is 9.23 Å². The van der Waals surface area contributed by atoms with E-state index in [1.165, 1.54) is 38.5 Å². The Morgan fingerprint density at radius 3 is 2.38 bits per heavy atom. The van der Waals surface area contributed by atoms with Crippen LogP contribution in [-0.2, 0) is 4.74 Å². The van der Waals surface area contributed by atoms with Crippen molar-refractivity contribution in [1.82, 2.24) is 0 Å². The van der Waals surface area contributed by atoms with Crippen molar-refractivity contribution < 1.29 is 4.74 Å². The first-order valence-corrected chi connectivity index (χ1v) is 6.49. The molecule has 1 nitrogen and oxygen atoms in total. The van der Waals surface area contributed by atoms with Gasteiger partial charge >= 0.3 is 0 Å². The van der Waals surface area contributed by atoms with Crippen LogP contribution in [0.2, 0.25) is 0 Å². The van der Waals surface area contributed by atoms with Crippen molar-refractivity contribution in [3.8, 4) is 0 Å². The van der Waals surface area contributed by atoms with Crippen molar-refractivity contribution in [2.45, 2.75) is 51.0 Å². The van der Waals surface area contributed by atoms with Gasteiger partial charge < -0.3 is 4.74 Å². The molecule has 0 saturated heterocycles. The van der Waals surface area contributed by atoms with Crippen LogP contribution in [0.3, 0.4) is 0 Å². The number of methoxy groups -OCH3 is 1. The monoisotopic (exact) mass is 248 g/mol. The van der Waals surface area contributed by atoms with Crippen molar-refractivity contribution in [3.05, 3.63) is 0 Å². The first kappa shape index (κ1) is 11.5. The second-order valence-electron chi connectivity index (χ2n) is 4.25. The van der Waals surface area contributed by atoms with Crippen LogP contribution in [0.4, 0.5) is 0 Å². The number of alkyl halides is 1. The van der Waals surface area contributed by atoms with Crippen LogP contribution in [-0.4, -0.2) is 18.0 Å². The molecule has 0 aromatic rings. The number of hydrogen-bond acceptors (Lipinski definition) is 1. The van der Waals surface area contributed by atoms with Gasteiger partial charge in [-0.2, -0.15) is 0 Å². The average Bonchev–Trinajstić information content (AvgIpc) is 2.20. The molecule has 0 amide bonds. The fraction of sp³-hybridized carbons (Fsp3) is 1.00. The Balaban J connectivity index is 2.36. The van der Waals surface area contributed by atoms with E-state index < -0.39 is 0 Å². The van der Waals surface area contributed by atoms with E-state index in [2.05, 4.69) is 22.9 Å². The summed E-state index contributed by atoms with van der Waals surface area (Å²) in [5, 5.41) is 0.995. The lowest BCUT2D eigenvalue weighted by Crippen LogP contribution is -2.37. The Kier molecular flexibility index (Phi) is 4.74. The Morgan fingerprint density at radius 1 is 1.38 bits per heavy atom. The normalized spacial score (nSPS) is 34.8. The smallest absolute Gasteiger partial charge is 0.0775 e. The van der Waals surface area contributed by atoms with E-state index in [9.17, 15) is 0 Å². The largest absolute Gasteiger partial charge is 0.377 e. The van der Waals surface area contributed by atoms with Gasteiger partial charge in [0.1, 0.15) is 0 Å². The van der Waals surface area contributed by atoms with Crippen LogP contribution in [0.1, 0.15) is 45.4 Å². The van der Waals surface area contributed by atoms with Crippen LogP contribution in [0.15, 0.2) is 0 Å². The Hall–Kier alpha value is 0.440. The van der Waals surface area contributed by atoms with E-state index in [-0.39, 0.29) is 5.60 Å². The predicted octanol–water partition coefficient (Wildman–Crippen LogP) is 3.76. The van der Waals surface area contributed by atoms with Gasteiger partial charge in [-0.05, 0) is 31.6 Å². The van der Waals surface area contributed by atoms with E-state index in [0.29, 0.717) is 0 Å². The summed E-state index contributed by atoms with van der Waals surface area (Å²) in [5.74, 6) is 0.965. The van der Waals surface area contributed by atoms with Crippen molar-refractivity contribution in [2.75, 3.05) is 12.4 Å². The van der Waals surface area contributed by atoms with Gasteiger partial charge in [0.25, 0.3) is 0 Å². The first-order chi connectivity index (χ1) is 6.26. The molecule has 2 heteroatoms. The lowest BCUT2D eigenvalue weighted by molar-refractivity contribution is -0.0295. The summed E-state index contributed by atoms with van der Waals surface area (Å²) < 4.78 is 5.61. The molecule has 0 bridgehead atoms. The first-order valence-electron chi connectivity index (χ1n) is 5.37. The highest BCUT2D eigenvalue weighted by molar-refractivity contribution is 9.09. The van der Waals surface area contributed by atoms with Gasteiger partial charge in [0.2, 0.25) is 0 Å². The van der Waals surface area contributed by atoms with E-state index >= 15 is 0 Å². The number of hydrogen-bond donors (Lipinski definition) is 0. The van der Waals surface area contributed by atoms with Gasteiger partial charge in [-0.3, -0.25) is 0 Å². The third-order valence-corrected chi connectivity index (χ3v) is 4.41.